The van der Waals surface area contributed by atoms with Crippen LogP contribution < -0.4 is 5.73 Å². The van der Waals surface area contributed by atoms with Crippen LogP contribution in [0.2, 0.25) is 0 Å². The number of amides is 2. The highest BCUT2D eigenvalue weighted by Crippen LogP contribution is 2.37. The topological polar surface area (TPSA) is 114 Å². The SMILES string of the molecule is CC(=O)N1CCN(S(=O)(=O)c2ccc(-c3sc(CC(N)=O)nc3C)s2)CC1. The standard InChI is InChI=1S/C16H20N4O4S3/c1-10-16(26-14(18-10)9-13(17)22)12-3-4-15(25-12)27(23,24)20-7-5-19(6-8-20)11(2)21/h3-4H,5-9H2,1-2H3,(H2,17,22). The Bertz CT molecular complexity index is 972. The molecule has 2 aromatic rings. The number of hydrogen-bond acceptors (Lipinski definition) is 7. The van der Waals surface area contributed by atoms with Crippen molar-refractivity contribution in [1.82, 2.24) is 14.2 Å². The minimum atomic E-state index is -3.60. The van der Waals surface area contributed by atoms with Crippen LogP contribution in [0, 0.1) is 6.92 Å². The van der Waals surface area contributed by atoms with E-state index in [0.717, 1.165) is 15.4 Å². The molecule has 8 nitrogen and oxygen atoms in total. The number of nitrogens with zero attached hydrogens (tertiary/aromatic N) is 3. The van der Waals surface area contributed by atoms with E-state index in [1.54, 1.807) is 17.0 Å². The summed E-state index contributed by atoms with van der Waals surface area (Å²) in [6.07, 6.45) is 0.0719. The van der Waals surface area contributed by atoms with Crippen LogP contribution in [-0.4, -0.2) is 60.6 Å². The number of aryl methyl sites for hydroxylation is 1. The second-order valence-electron chi connectivity index (χ2n) is 6.19. The van der Waals surface area contributed by atoms with E-state index in [9.17, 15) is 18.0 Å². The van der Waals surface area contributed by atoms with Crippen molar-refractivity contribution in [1.29, 1.82) is 0 Å². The first-order valence-electron chi connectivity index (χ1n) is 8.29. The molecule has 0 aliphatic carbocycles. The van der Waals surface area contributed by atoms with Gasteiger partial charge in [-0.15, -0.1) is 22.7 Å². The Morgan fingerprint density at radius 2 is 1.85 bits per heavy atom. The predicted octanol–water partition coefficient (Wildman–Crippen LogP) is 1.06. The highest BCUT2D eigenvalue weighted by molar-refractivity contribution is 7.91. The molecular formula is C16H20N4O4S3. The third-order valence-corrected chi connectivity index (χ3v) is 9.04. The molecule has 1 fully saturated rings. The Hall–Kier alpha value is -1.82. The van der Waals surface area contributed by atoms with Gasteiger partial charge in [0.2, 0.25) is 11.8 Å². The number of rotatable bonds is 5. The van der Waals surface area contributed by atoms with Gasteiger partial charge in [-0.25, -0.2) is 13.4 Å². The molecule has 0 bridgehead atoms. The van der Waals surface area contributed by atoms with E-state index >= 15 is 0 Å². The Morgan fingerprint density at radius 1 is 1.19 bits per heavy atom. The normalized spacial score (nSPS) is 15.9. The van der Waals surface area contributed by atoms with Gasteiger partial charge in [-0.1, -0.05) is 0 Å². The number of thiophene rings is 1. The average Bonchev–Trinajstić information content (AvgIpc) is 3.21. The second-order valence-corrected chi connectivity index (χ2v) is 10.5. The van der Waals surface area contributed by atoms with Gasteiger partial charge in [0.15, 0.2) is 0 Å². The van der Waals surface area contributed by atoms with E-state index in [-0.39, 0.29) is 29.6 Å². The molecule has 11 heteroatoms. The van der Waals surface area contributed by atoms with Gasteiger partial charge in [0, 0.05) is 38.0 Å². The van der Waals surface area contributed by atoms with Gasteiger partial charge in [-0.3, -0.25) is 9.59 Å². The van der Waals surface area contributed by atoms with E-state index in [2.05, 4.69) is 4.98 Å². The minimum absolute atomic E-state index is 0.0436. The molecule has 2 aromatic heterocycles. The fourth-order valence-corrected chi connectivity index (χ4v) is 6.98. The molecule has 2 N–H and O–H groups in total. The summed E-state index contributed by atoms with van der Waals surface area (Å²) in [6, 6.07) is 3.36. The molecule has 3 heterocycles. The Labute approximate surface area is 165 Å². The summed E-state index contributed by atoms with van der Waals surface area (Å²) in [5.74, 6) is -0.493. The lowest BCUT2D eigenvalue weighted by atomic mass is 10.3. The lowest BCUT2D eigenvalue weighted by molar-refractivity contribution is -0.130. The zero-order valence-electron chi connectivity index (χ0n) is 15.0. The lowest BCUT2D eigenvalue weighted by Gasteiger charge is -2.33. The van der Waals surface area contributed by atoms with E-state index in [0.29, 0.717) is 18.1 Å². The number of aromatic nitrogens is 1. The first-order valence-corrected chi connectivity index (χ1v) is 11.4. The van der Waals surface area contributed by atoms with Gasteiger partial charge < -0.3 is 10.6 Å². The van der Waals surface area contributed by atoms with Gasteiger partial charge in [0.05, 0.1) is 17.0 Å². The quantitative estimate of drug-likeness (QED) is 0.765. The van der Waals surface area contributed by atoms with Crippen molar-refractivity contribution in [2.24, 2.45) is 5.73 Å². The van der Waals surface area contributed by atoms with Crippen molar-refractivity contribution in [2.75, 3.05) is 26.2 Å². The first kappa shape index (κ1) is 19.9. The summed E-state index contributed by atoms with van der Waals surface area (Å²) in [4.78, 5) is 30.1. The van der Waals surface area contributed by atoms with Gasteiger partial charge in [-0.2, -0.15) is 4.31 Å². The van der Waals surface area contributed by atoms with Crippen molar-refractivity contribution in [3.05, 3.63) is 22.8 Å². The molecule has 0 radical (unpaired) electrons. The molecule has 0 saturated carbocycles. The summed E-state index contributed by atoms with van der Waals surface area (Å²) < 4.78 is 27.5. The molecule has 3 rings (SSSR count). The summed E-state index contributed by atoms with van der Waals surface area (Å²) >= 11 is 2.53. The summed E-state index contributed by atoms with van der Waals surface area (Å²) in [6.45, 7) is 4.69. The minimum Gasteiger partial charge on any atom is -0.369 e. The van der Waals surface area contributed by atoms with Crippen LogP contribution in [0.15, 0.2) is 16.3 Å². The van der Waals surface area contributed by atoms with E-state index in [1.165, 1.54) is 33.9 Å². The number of primary amides is 1. The number of piperazine rings is 1. The number of sulfonamides is 1. The summed E-state index contributed by atoms with van der Waals surface area (Å²) in [5, 5.41) is 0.619. The fourth-order valence-electron chi connectivity index (χ4n) is 2.86. The van der Waals surface area contributed by atoms with Gasteiger partial charge in [0.1, 0.15) is 9.22 Å². The molecule has 146 valence electrons. The van der Waals surface area contributed by atoms with Crippen molar-refractivity contribution in [2.45, 2.75) is 24.5 Å². The summed E-state index contributed by atoms with van der Waals surface area (Å²) in [7, 11) is -3.60. The zero-order valence-corrected chi connectivity index (χ0v) is 17.4. The highest BCUT2D eigenvalue weighted by Gasteiger charge is 2.30. The number of carbonyl (C=O) groups excluding carboxylic acids is 2. The fraction of sp³-hybridized carbons (Fsp3) is 0.438. The number of thiazole rings is 1. The number of nitrogens with two attached hydrogens (primary N) is 1. The second kappa shape index (κ2) is 7.66. The molecule has 0 spiro atoms. The zero-order chi connectivity index (χ0) is 19.8. The molecule has 27 heavy (non-hydrogen) atoms. The van der Waals surface area contributed by atoms with Crippen LogP contribution in [0.25, 0.3) is 9.75 Å². The maximum Gasteiger partial charge on any atom is 0.252 e. The van der Waals surface area contributed by atoms with E-state index < -0.39 is 15.9 Å². The molecule has 0 unspecified atom stereocenters. The molecule has 1 saturated heterocycles. The van der Waals surface area contributed by atoms with Crippen LogP contribution in [0.3, 0.4) is 0 Å². The monoisotopic (exact) mass is 428 g/mol. The average molecular weight is 429 g/mol. The van der Waals surface area contributed by atoms with Crippen molar-refractivity contribution < 1.29 is 18.0 Å². The molecule has 1 aliphatic rings. The van der Waals surface area contributed by atoms with Crippen molar-refractivity contribution in [3.8, 4) is 9.75 Å². The molecule has 2 amide bonds. The number of hydrogen-bond donors (Lipinski definition) is 1. The van der Waals surface area contributed by atoms with Crippen LogP contribution >= 0.6 is 22.7 Å². The predicted molar refractivity (Wildman–Crippen MR) is 104 cm³/mol. The van der Waals surface area contributed by atoms with Crippen LogP contribution in [0.5, 0.6) is 0 Å². The molecule has 1 aliphatic heterocycles. The van der Waals surface area contributed by atoms with Crippen LogP contribution in [0.4, 0.5) is 0 Å². The Balaban J connectivity index is 1.80. The van der Waals surface area contributed by atoms with Crippen molar-refractivity contribution >= 4 is 44.5 Å². The van der Waals surface area contributed by atoms with Gasteiger partial charge in [0.25, 0.3) is 10.0 Å². The van der Waals surface area contributed by atoms with Gasteiger partial charge >= 0.3 is 0 Å². The first-order chi connectivity index (χ1) is 12.7. The molecule has 0 aromatic carbocycles. The molecular weight excluding hydrogens is 408 g/mol. The smallest absolute Gasteiger partial charge is 0.252 e. The van der Waals surface area contributed by atoms with Crippen LogP contribution in [0.1, 0.15) is 17.6 Å². The lowest BCUT2D eigenvalue weighted by Crippen LogP contribution is -2.49. The van der Waals surface area contributed by atoms with Gasteiger partial charge in [-0.05, 0) is 19.1 Å². The van der Waals surface area contributed by atoms with Crippen LogP contribution in [-0.2, 0) is 26.0 Å². The Morgan fingerprint density at radius 3 is 2.44 bits per heavy atom. The maximum atomic E-state index is 12.9. The largest absolute Gasteiger partial charge is 0.369 e. The van der Waals surface area contributed by atoms with E-state index in [1.807, 2.05) is 6.92 Å². The third kappa shape index (κ3) is 4.21. The number of carbonyl (C=O) groups is 2. The summed E-state index contributed by atoms with van der Waals surface area (Å²) in [5.41, 5.74) is 5.96. The Kier molecular flexibility index (Phi) is 5.65. The third-order valence-electron chi connectivity index (χ3n) is 4.25. The van der Waals surface area contributed by atoms with E-state index in [4.69, 9.17) is 5.73 Å². The highest BCUT2D eigenvalue weighted by atomic mass is 32.2. The van der Waals surface area contributed by atoms with Crippen molar-refractivity contribution in [3.63, 3.8) is 0 Å². The molecule has 0 atom stereocenters. The maximum absolute atomic E-state index is 12.9.